The van der Waals surface area contributed by atoms with E-state index in [2.05, 4.69) is 0 Å². The summed E-state index contributed by atoms with van der Waals surface area (Å²) in [5.41, 5.74) is 2.21. The molecule has 0 atom stereocenters. The van der Waals surface area contributed by atoms with E-state index in [1.807, 2.05) is 31.2 Å². The maximum Gasteiger partial charge on any atom is 0.193 e. The highest BCUT2D eigenvalue weighted by atomic mass is 16.5. The van der Waals surface area contributed by atoms with Gasteiger partial charge in [-0.25, -0.2) is 0 Å². The monoisotopic (exact) mass is 190 g/mol. The Morgan fingerprint density at radius 3 is 2.64 bits per heavy atom. The molecule has 0 saturated carbocycles. The molecule has 74 valence electrons. The zero-order valence-electron chi connectivity index (χ0n) is 8.42. The van der Waals surface area contributed by atoms with E-state index in [-0.39, 0.29) is 11.8 Å². The molecule has 1 aromatic rings. The van der Waals surface area contributed by atoms with E-state index in [0.717, 1.165) is 5.56 Å². The lowest BCUT2D eigenvalue weighted by molar-refractivity contribution is 0.517. The molecule has 3 heteroatoms. The average molecular weight is 190 g/mol. The van der Waals surface area contributed by atoms with Gasteiger partial charge in [-0.05, 0) is 12.5 Å². The molecule has 0 aliphatic rings. The predicted octanol–water partition coefficient (Wildman–Crippen LogP) is 2.53. The summed E-state index contributed by atoms with van der Waals surface area (Å²) < 4.78 is 4.86. The summed E-state index contributed by atoms with van der Waals surface area (Å²) in [7, 11) is 0. The van der Waals surface area contributed by atoms with Crippen molar-refractivity contribution >= 4 is 11.8 Å². The van der Waals surface area contributed by atoms with Crippen molar-refractivity contribution in [2.24, 2.45) is 0 Å². The highest BCUT2D eigenvalue weighted by Gasteiger charge is 2.01. The minimum Gasteiger partial charge on any atom is -0.430 e. The van der Waals surface area contributed by atoms with Crippen LogP contribution in [-0.4, -0.2) is 11.8 Å². The normalized spacial score (nSPS) is 9.57. The van der Waals surface area contributed by atoms with Gasteiger partial charge in [0.25, 0.3) is 0 Å². The number of ether oxygens (including phenoxy) is 1. The van der Waals surface area contributed by atoms with Gasteiger partial charge in [-0.2, -0.15) is 0 Å². The van der Waals surface area contributed by atoms with E-state index >= 15 is 0 Å². The molecule has 0 aliphatic carbocycles. The quantitative estimate of drug-likeness (QED) is 0.546. The minimum atomic E-state index is 0.0580. The molecule has 3 nitrogen and oxygen atoms in total. The van der Waals surface area contributed by atoms with Crippen LogP contribution >= 0.6 is 0 Å². The lowest BCUT2D eigenvalue weighted by Crippen LogP contribution is -2.10. The maximum atomic E-state index is 7.46. The van der Waals surface area contributed by atoms with Crippen LogP contribution in [0.4, 0.5) is 0 Å². The van der Waals surface area contributed by atoms with Gasteiger partial charge in [0.2, 0.25) is 0 Å². The second kappa shape index (κ2) is 4.56. The summed E-state index contributed by atoms with van der Waals surface area (Å²) in [5.74, 6) is 0.172. The van der Waals surface area contributed by atoms with Crippen LogP contribution in [-0.2, 0) is 11.2 Å². The summed E-state index contributed by atoms with van der Waals surface area (Å²) in [5, 5.41) is 14.5. The number of benzene rings is 1. The Kier molecular flexibility index (Phi) is 3.40. The zero-order valence-corrected chi connectivity index (χ0v) is 8.42. The van der Waals surface area contributed by atoms with Crippen molar-refractivity contribution in [1.29, 1.82) is 10.8 Å². The lowest BCUT2D eigenvalue weighted by atomic mass is 10.1. The topological polar surface area (TPSA) is 56.9 Å². The van der Waals surface area contributed by atoms with E-state index in [9.17, 15) is 0 Å². The zero-order chi connectivity index (χ0) is 10.6. The smallest absolute Gasteiger partial charge is 0.193 e. The van der Waals surface area contributed by atoms with Gasteiger partial charge in [0.15, 0.2) is 11.8 Å². The fourth-order valence-electron chi connectivity index (χ4n) is 1.23. The van der Waals surface area contributed by atoms with Crippen LogP contribution in [0.5, 0.6) is 0 Å². The van der Waals surface area contributed by atoms with Crippen LogP contribution in [0.3, 0.4) is 0 Å². The maximum absolute atomic E-state index is 7.46. The van der Waals surface area contributed by atoms with Crippen molar-refractivity contribution in [3.8, 4) is 0 Å². The van der Waals surface area contributed by atoms with Gasteiger partial charge in [-0.1, -0.05) is 29.8 Å². The SMILES string of the molecule is CC(=N)OC(=N)Cc1cccc(C)c1. The minimum absolute atomic E-state index is 0.0580. The van der Waals surface area contributed by atoms with Crippen LogP contribution in [0.2, 0.25) is 0 Å². The number of hydrogen-bond donors (Lipinski definition) is 2. The number of hydrogen-bond acceptors (Lipinski definition) is 3. The molecular formula is C11H14N2O. The first-order chi connectivity index (χ1) is 6.58. The summed E-state index contributed by atoms with van der Waals surface area (Å²) >= 11 is 0. The first kappa shape index (κ1) is 10.4. The third-order valence-electron chi connectivity index (χ3n) is 1.72. The Morgan fingerprint density at radius 1 is 1.36 bits per heavy atom. The fraction of sp³-hybridized carbons (Fsp3) is 0.273. The molecule has 1 rings (SSSR count). The van der Waals surface area contributed by atoms with Gasteiger partial charge in [0, 0.05) is 13.3 Å². The molecule has 0 saturated heterocycles. The molecule has 0 amide bonds. The largest absolute Gasteiger partial charge is 0.430 e. The molecule has 0 spiro atoms. The highest BCUT2D eigenvalue weighted by molar-refractivity contribution is 5.88. The van der Waals surface area contributed by atoms with Crippen LogP contribution < -0.4 is 0 Å². The molecule has 0 radical (unpaired) electrons. The van der Waals surface area contributed by atoms with E-state index in [0.29, 0.717) is 6.42 Å². The first-order valence-corrected chi connectivity index (χ1v) is 4.44. The van der Waals surface area contributed by atoms with E-state index in [4.69, 9.17) is 15.6 Å². The second-order valence-corrected chi connectivity index (χ2v) is 3.25. The molecule has 1 aromatic carbocycles. The fourth-order valence-corrected chi connectivity index (χ4v) is 1.23. The van der Waals surface area contributed by atoms with Gasteiger partial charge in [-0.3, -0.25) is 10.8 Å². The molecule has 2 N–H and O–H groups in total. The van der Waals surface area contributed by atoms with Crippen LogP contribution in [0, 0.1) is 17.7 Å². The number of rotatable bonds is 2. The molecule has 0 heterocycles. The van der Waals surface area contributed by atoms with E-state index in [1.165, 1.54) is 12.5 Å². The van der Waals surface area contributed by atoms with Crippen molar-refractivity contribution in [2.75, 3.05) is 0 Å². The summed E-state index contributed by atoms with van der Waals surface area (Å²) in [6.45, 7) is 3.53. The van der Waals surface area contributed by atoms with E-state index in [1.54, 1.807) is 0 Å². The molecule has 14 heavy (non-hydrogen) atoms. The molecule has 0 fully saturated rings. The standard InChI is InChI=1S/C11H14N2O/c1-8-4-3-5-10(6-8)7-11(13)14-9(2)12/h3-6,12-13H,7H2,1-2H3. The Bertz CT molecular complexity index is 358. The van der Waals surface area contributed by atoms with Crippen LogP contribution in [0.15, 0.2) is 24.3 Å². The highest BCUT2D eigenvalue weighted by Crippen LogP contribution is 2.05. The van der Waals surface area contributed by atoms with Crippen molar-refractivity contribution in [1.82, 2.24) is 0 Å². The van der Waals surface area contributed by atoms with E-state index < -0.39 is 0 Å². The van der Waals surface area contributed by atoms with Gasteiger partial charge >= 0.3 is 0 Å². The number of aryl methyl sites for hydroxylation is 1. The summed E-state index contributed by atoms with van der Waals surface area (Å²) in [6, 6.07) is 7.92. The third-order valence-corrected chi connectivity index (χ3v) is 1.72. The number of nitrogens with one attached hydrogen (secondary N) is 2. The van der Waals surface area contributed by atoms with Crippen molar-refractivity contribution in [2.45, 2.75) is 20.3 Å². The predicted molar refractivity (Wildman–Crippen MR) is 57.1 cm³/mol. The van der Waals surface area contributed by atoms with Gasteiger partial charge < -0.3 is 4.74 Å². The Labute approximate surface area is 83.7 Å². The third kappa shape index (κ3) is 3.39. The van der Waals surface area contributed by atoms with Gasteiger partial charge in [-0.15, -0.1) is 0 Å². The van der Waals surface area contributed by atoms with Gasteiger partial charge in [0.1, 0.15) is 0 Å². The van der Waals surface area contributed by atoms with Crippen LogP contribution in [0.25, 0.3) is 0 Å². The molecular weight excluding hydrogens is 176 g/mol. The molecule has 0 unspecified atom stereocenters. The average Bonchev–Trinajstić information content (AvgIpc) is 2.01. The van der Waals surface area contributed by atoms with Crippen molar-refractivity contribution < 1.29 is 4.74 Å². The Hall–Kier alpha value is -1.64. The Morgan fingerprint density at radius 2 is 2.07 bits per heavy atom. The molecule has 0 aromatic heterocycles. The van der Waals surface area contributed by atoms with Crippen molar-refractivity contribution in [3.63, 3.8) is 0 Å². The van der Waals surface area contributed by atoms with Crippen molar-refractivity contribution in [3.05, 3.63) is 35.4 Å². The second-order valence-electron chi connectivity index (χ2n) is 3.25. The Balaban J connectivity index is 2.60. The summed E-state index contributed by atoms with van der Waals surface area (Å²) in [4.78, 5) is 0. The lowest BCUT2D eigenvalue weighted by Gasteiger charge is -2.05. The van der Waals surface area contributed by atoms with Crippen LogP contribution in [0.1, 0.15) is 18.1 Å². The first-order valence-electron chi connectivity index (χ1n) is 4.44. The molecule has 0 bridgehead atoms. The van der Waals surface area contributed by atoms with Gasteiger partial charge in [0.05, 0.1) is 0 Å². The molecule has 0 aliphatic heterocycles. The summed E-state index contributed by atoms with van der Waals surface area (Å²) in [6.07, 6.45) is 0.442.